The SMILES string of the molecule is N#Cc1cc2c3c(cc(C#N)c4c5c(C#N)cc6c7c(cc(C#N)c(c1c34)c75)C(=O)N(CN)C6O)C(=O)N(CN)C2=O. The molecule has 2 aliphatic heterocycles. The molecule has 12 heteroatoms. The van der Waals surface area contributed by atoms with Gasteiger partial charge < -0.3 is 16.6 Å². The molecule has 5 aromatic carbocycles. The number of nitrogens with zero attached hydrogens (tertiary/aromatic N) is 6. The Balaban J connectivity index is 1.91. The summed E-state index contributed by atoms with van der Waals surface area (Å²) in [6.45, 7) is -0.784. The number of aliphatic hydroxyl groups is 1. The molecule has 0 aromatic heterocycles. The lowest BCUT2D eigenvalue weighted by atomic mass is 9.77. The average Bonchev–Trinajstić information content (AvgIpc) is 3.01. The minimum atomic E-state index is -1.52. The van der Waals surface area contributed by atoms with Crippen LogP contribution >= 0.6 is 0 Å². The number of hydrogen-bond donors (Lipinski definition) is 3. The Hall–Kier alpha value is -6.15. The van der Waals surface area contributed by atoms with Gasteiger partial charge >= 0.3 is 0 Å². The standard InChI is InChI=1S/C30H14N8O4/c31-5-11-1-15-23-16(28(40)37(9-35)27(15)39)2-13(7-33)21-22-14(8-34)4-18-24-17(29(41)38(10-36)30(18)42)3-12(6-32)20(26(22)24)19(11)25(21)23/h1-4,27,39H,9-10,35-36H2. The largest absolute Gasteiger partial charge is 0.369 e. The fraction of sp³-hybridized carbons (Fsp3) is 0.100. The van der Waals surface area contributed by atoms with Gasteiger partial charge in [0.25, 0.3) is 17.7 Å². The van der Waals surface area contributed by atoms with Gasteiger partial charge in [-0.05, 0) is 24.3 Å². The molecule has 0 saturated carbocycles. The quantitative estimate of drug-likeness (QED) is 0.165. The Morgan fingerprint density at radius 3 is 1.40 bits per heavy atom. The number of amides is 3. The van der Waals surface area contributed by atoms with Crippen LogP contribution in [-0.2, 0) is 0 Å². The monoisotopic (exact) mass is 550 g/mol. The van der Waals surface area contributed by atoms with Crippen molar-refractivity contribution in [2.75, 3.05) is 13.3 Å². The smallest absolute Gasteiger partial charge is 0.262 e. The minimum absolute atomic E-state index is 0.00330. The topological polar surface area (TPSA) is 225 Å². The van der Waals surface area contributed by atoms with Crippen molar-refractivity contribution in [3.8, 4) is 24.3 Å². The summed E-state index contributed by atoms with van der Waals surface area (Å²) < 4.78 is 0. The zero-order valence-electron chi connectivity index (χ0n) is 21.3. The number of aliphatic hydroxyl groups excluding tert-OH is 1. The number of benzene rings is 5. The lowest BCUT2D eigenvalue weighted by Gasteiger charge is -2.34. The van der Waals surface area contributed by atoms with Crippen LogP contribution in [-0.4, -0.2) is 46.0 Å². The Bertz CT molecular complexity index is 2280. The summed E-state index contributed by atoms with van der Waals surface area (Å²) in [6.07, 6.45) is -1.52. The van der Waals surface area contributed by atoms with Gasteiger partial charge in [-0.25, -0.2) is 0 Å². The lowest BCUT2D eigenvalue weighted by Crippen LogP contribution is -2.43. The van der Waals surface area contributed by atoms with E-state index in [0.29, 0.717) is 0 Å². The summed E-state index contributed by atoms with van der Waals surface area (Å²) in [5.41, 5.74) is 11.6. The van der Waals surface area contributed by atoms with Crippen molar-refractivity contribution in [2.45, 2.75) is 6.23 Å². The van der Waals surface area contributed by atoms with Crippen molar-refractivity contribution in [1.29, 1.82) is 21.0 Å². The number of fused-ring (bicyclic) bond motifs is 2. The Labute approximate surface area is 235 Å². The van der Waals surface area contributed by atoms with Gasteiger partial charge in [-0.3, -0.25) is 24.2 Å². The third-order valence-electron chi connectivity index (χ3n) is 8.22. The van der Waals surface area contributed by atoms with E-state index < -0.39 is 30.6 Å². The first kappa shape index (κ1) is 24.9. The predicted molar refractivity (Wildman–Crippen MR) is 146 cm³/mol. The van der Waals surface area contributed by atoms with Crippen molar-refractivity contribution < 1.29 is 19.5 Å². The highest BCUT2D eigenvalue weighted by atomic mass is 16.3. The molecule has 5 N–H and O–H groups in total. The minimum Gasteiger partial charge on any atom is -0.369 e. The average molecular weight is 550 g/mol. The fourth-order valence-corrected chi connectivity index (χ4v) is 6.57. The van der Waals surface area contributed by atoms with Crippen LogP contribution in [0, 0.1) is 45.3 Å². The van der Waals surface area contributed by atoms with E-state index in [2.05, 4.69) is 24.3 Å². The molecule has 3 amide bonds. The van der Waals surface area contributed by atoms with Crippen LogP contribution in [0.5, 0.6) is 0 Å². The number of carbonyl (C=O) groups is 3. The molecule has 0 bridgehead atoms. The van der Waals surface area contributed by atoms with Crippen molar-refractivity contribution >= 4 is 60.8 Å². The molecule has 1 atom stereocenters. The molecule has 0 saturated heterocycles. The molecule has 5 aromatic rings. The van der Waals surface area contributed by atoms with Crippen LogP contribution in [0.4, 0.5) is 0 Å². The lowest BCUT2D eigenvalue weighted by molar-refractivity contribution is 0.00610. The molecule has 2 aliphatic rings. The highest BCUT2D eigenvalue weighted by Gasteiger charge is 2.39. The number of rotatable bonds is 2. The van der Waals surface area contributed by atoms with E-state index >= 15 is 0 Å². The number of carbonyl (C=O) groups excluding carboxylic acids is 3. The third kappa shape index (κ3) is 2.63. The van der Waals surface area contributed by atoms with Gasteiger partial charge in [0.1, 0.15) is 0 Å². The molecule has 42 heavy (non-hydrogen) atoms. The van der Waals surface area contributed by atoms with Crippen LogP contribution in [0.2, 0.25) is 0 Å². The zero-order valence-corrected chi connectivity index (χ0v) is 21.3. The fourth-order valence-electron chi connectivity index (χ4n) is 6.57. The first-order valence-electron chi connectivity index (χ1n) is 12.5. The van der Waals surface area contributed by atoms with Crippen molar-refractivity contribution in [1.82, 2.24) is 9.80 Å². The van der Waals surface area contributed by atoms with Gasteiger partial charge in [0.2, 0.25) is 0 Å². The Kier molecular flexibility index (Phi) is 4.84. The second kappa shape index (κ2) is 8.18. The number of nitriles is 4. The first-order valence-corrected chi connectivity index (χ1v) is 12.5. The van der Waals surface area contributed by atoms with Crippen LogP contribution < -0.4 is 11.5 Å². The molecule has 198 valence electrons. The molecule has 0 spiro atoms. The van der Waals surface area contributed by atoms with Crippen LogP contribution in [0.1, 0.15) is 65.1 Å². The third-order valence-corrected chi connectivity index (χ3v) is 8.22. The van der Waals surface area contributed by atoms with Gasteiger partial charge in [-0.2, -0.15) is 21.0 Å². The maximum atomic E-state index is 13.5. The van der Waals surface area contributed by atoms with Gasteiger partial charge in [-0.1, -0.05) is 0 Å². The van der Waals surface area contributed by atoms with E-state index in [1.54, 1.807) is 0 Å². The summed E-state index contributed by atoms with van der Waals surface area (Å²) in [4.78, 5) is 42.1. The highest BCUT2D eigenvalue weighted by Crippen LogP contribution is 2.51. The Morgan fingerprint density at radius 2 is 1.00 bits per heavy atom. The molecule has 0 radical (unpaired) electrons. The molecular weight excluding hydrogens is 536 g/mol. The van der Waals surface area contributed by atoms with Gasteiger partial charge in [0.05, 0.1) is 71.0 Å². The predicted octanol–water partition coefficient (Wildman–Crippen LogP) is 2.10. The summed E-state index contributed by atoms with van der Waals surface area (Å²) >= 11 is 0. The second-order valence-corrected chi connectivity index (χ2v) is 9.93. The van der Waals surface area contributed by atoms with E-state index in [0.717, 1.165) is 9.80 Å². The first-order chi connectivity index (χ1) is 20.3. The maximum absolute atomic E-state index is 13.5. The highest BCUT2D eigenvalue weighted by molar-refractivity contribution is 6.42. The zero-order chi connectivity index (χ0) is 29.8. The van der Waals surface area contributed by atoms with Crippen LogP contribution in [0.3, 0.4) is 0 Å². The number of imide groups is 1. The molecule has 0 aliphatic carbocycles. The maximum Gasteiger partial charge on any atom is 0.262 e. The molecule has 1 unspecified atom stereocenters. The molecule has 7 rings (SSSR count). The van der Waals surface area contributed by atoms with Crippen LogP contribution in [0.15, 0.2) is 24.3 Å². The van der Waals surface area contributed by atoms with Crippen molar-refractivity contribution in [3.63, 3.8) is 0 Å². The van der Waals surface area contributed by atoms with Gasteiger partial charge in [0.15, 0.2) is 6.23 Å². The van der Waals surface area contributed by atoms with E-state index in [-0.39, 0.29) is 94.3 Å². The summed E-state index contributed by atoms with van der Waals surface area (Å²) in [5, 5.41) is 54.0. The van der Waals surface area contributed by atoms with E-state index in [1.807, 2.05) is 0 Å². The second-order valence-electron chi connectivity index (χ2n) is 9.93. The summed E-state index contributed by atoms with van der Waals surface area (Å²) in [6, 6.07) is 13.7. The van der Waals surface area contributed by atoms with Gasteiger partial charge in [0, 0.05) is 54.2 Å². The van der Waals surface area contributed by atoms with Crippen molar-refractivity contribution in [2.24, 2.45) is 11.5 Å². The Morgan fingerprint density at radius 1 is 0.595 bits per heavy atom. The van der Waals surface area contributed by atoms with E-state index in [4.69, 9.17) is 11.5 Å². The number of hydrogen-bond acceptors (Lipinski definition) is 10. The van der Waals surface area contributed by atoms with Crippen LogP contribution in [0.25, 0.3) is 43.1 Å². The molecule has 12 nitrogen and oxygen atoms in total. The van der Waals surface area contributed by atoms with E-state index in [9.17, 15) is 40.5 Å². The number of nitrogens with two attached hydrogens (primary N) is 2. The molecule has 2 heterocycles. The summed E-state index contributed by atoms with van der Waals surface area (Å²) in [5.74, 6) is -2.12. The molecule has 0 fully saturated rings. The van der Waals surface area contributed by atoms with Crippen molar-refractivity contribution in [3.05, 3.63) is 68.8 Å². The summed E-state index contributed by atoms with van der Waals surface area (Å²) in [7, 11) is 0. The van der Waals surface area contributed by atoms with E-state index in [1.165, 1.54) is 24.3 Å². The molecular formula is C30H14N8O4. The van der Waals surface area contributed by atoms with Gasteiger partial charge in [-0.15, -0.1) is 0 Å². The normalized spacial score (nSPS) is 15.9.